The highest BCUT2D eigenvalue weighted by atomic mass is 19.2. The Kier molecular flexibility index (Phi) is 6.95. The number of likely N-dealkylation sites (tertiary alicyclic amines) is 1. The lowest BCUT2D eigenvalue weighted by Crippen LogP contribution is -2.44. The molecule has 1 atom stereocenters. The van der Waals surface area contributed by atoms with Crippen LogP contribution in [0.3, 0.4) is 0 Å². The SMILES string of the molecule is NC(=O)C1CCC(n2c(Nc3ccc(F)c(F)c3F)nc3cnc(NC4CCCN(C(=O)O)C4)nc32)CC1. The molecule has 1 saturated carbocycles. The Labute approximate surface area is 215 Å². The maximum Gasteiger partial charge on any atom is 0.407 e. The molecule has 2 fully saturated rings. The fourth-order valence-electron chi connectivity index (χ4n) is 5.21. The number of aromatic nitrogens is 4. The number of hydrogen-bond donors (Lipinski definition) is 4. The molecule has 2 aliphatic rings. The molecule has 2 aromatic heterocycles. The number of imidazole rings is 1. The monoisotopic (exact) mass is 532 g/mol. The smallest absolute Gasteiger partial charge is 0.407 e. The minimum atomic E-state index is -1.60. The number of carbonyl (C=O) groups is 2. The molecule has 5 N–H and O–H groups in total. The topological polar surface area (TPSA) is 151 Å². The van der Waals surface area contributed by atoms with Crippen LogP contribution in [0.5, 0.6) is 0 Å². The highest BCUT2D eigenvalue weighted by Gasteiger charge is 2.30. The number of rotatable bonds is 6. The minimum Gasteiger partial charge on any atom is -0.465 e. The summed E-state index contributed by atoms with van der Waals surface area (Å²) >= 11 is 0. The van der Waals surface area contributed by atoms with Gasteiger partial charge in [-0.1, -0.05) is 0 Å². The van der Waals surface area contributed by atoms with Gasteiger partial charge in [0, 0.05) is 31.1 Å². The van der Waals surface area contributed by atoms with Crippen LogP contribution >= 0.6 is 0 Å². The van der Waals surface area contributed by atoms with Gasteiger partial charge in [0.15, 0.2) is 23.1 Å². The molecule has 5 rings (SSSR count). The first-order valence-corrected chi connectivity index (χ1v) is 12.4. The number of carboxylic acid groups (broad SMARTS) is 1. The lowest BCUT2D eigenvalue weighted by Gasteiger charge is -2.31. The van der Waals surface area contributed by atoms with E-state index in [4.69, 9.17) is 5.73 Å². The summed E-state index contributed by atoms with van der Waals surface area (Å²) in [7, 11) is 0. The van der Waals surface area contributed by atoms with E-state index < -0.39 is 23.5 Å². The number of primary amides is 1. The van der Waals surface area contributed by atoms with E-state index in [1.807, 2.05) is 0 Å². The molecule has 1 saturated heterocycles. The Morgan fingerprint density at radius 1 is 1.05 bits per heavy atom. The number of carbonyl (C=O) groups excluding carboxylic acids is 1. The molecular weight excluding hydrogens is 505 g/mol. The quantitative estimate of drug-likeness (QED) is 0.351. The summed E-state index contributed by atoms with van der Waals surface area (Å²) in [5.41, 5.74) is 5.99. The highest BCUT2D eigenvalue weighted by molar-refractivity contribution is 5.78. The number of benzene rings is 1. The van der Waals surface area contributed by atoms with Crippen molar-refractivity contribution in [1.82, 2.24) is 24.4 Å². The number of nitrogens with one attached hydrogen (secondary N) is 2. The average Bonchev–Trinajstić information content (AvgIpc) is 3.26. The number of fused-ring (bicyclic) bond motifs is 1. The van der Waals surface area contributed by atoms with E-state index in [0.717, 1.165) is 18.6 Å². The van der Waals surface area contributed by atoms with Gasteiger partial charge in [0.25, 0.3) is 0 Å². The van der Waals surface area contributed by atoms with Gasteiger partial charge in [-0.25, -0.2) is 27.9 Å². The zero-order chi connectivity index (χ0) is 27.0. The Morgan fingerprint density at radius 2 is 1.82 bits per heavy atom. The predicted molar refractivity (Wildman–Crippen MR) is 131 cm³/mol. The van der Waals surface area contributed by atoms with Crippen molar-refractivity contribution in [2.75, 3.05) is 23.7 Å². The molecule has 11 nitrogen and oxygen atoms in total. The van der Waals surface area contributed by atoms with Gasteiger partial charge < -0.3 is 26.4 Å². The van der Waals surface area contributed by atoms with Gasteiger partial charge in [0.2, 0.25) is 17.8 Å². The third-order valence-electron chi connectivity index (χ3n) is 7.20. The van der Waals surface area contributed by atoms with E-state index in [-0.39, 0.29) is 48.0 Å². The molecule has 1 unspecified atom stereocenters. The number of piperidine rings is 1. The van der Waals surface area contributed by atoms with Crippen molar-refractivity contribution in [3.8, 4) is 0 Å². The van der Waals surface area contributed by atoms with E-state index >= 15 is 0 Å². The molecule has 38 heavy (non-hydrogen) atoms. The van der Waals surface area contributed by atoms with Gasteiger partial charge in [-0.3, -0.25) is 9.36 Å². The number of anilines is 3. The van der Waals surface area contributed by atoms with E-state index in [1.54, 1.807) is 4.57 Å². The third kappa shape index (κ3) is 5.02. The molecule has 1 aliphatic heterocycles. The average molecular weight is 533 g/mol. The van der Waals surface area contributed by atoms with Gasteiger partial charge in [0.1, 0.15) is 5.52 Å². The standard InChI is InChI=1S/C24H27F3N8O3/c25-15-7-8-16(19(27)18(15)26)31-23-32-17-10-29-22(30-13-2-1-9-34(11-13)24(37)38)33-21(17)35(23)14-5-3-12(4-6-14)20(28)36/h7-8,10,12-14H,1-6,9,11H2,(H2,28,36)(H,31,32)(H,37,38)(H,29,30,33). The van der Waals surface area contributed by atoms with Crippen molar-refractivity contribution >= 4 is 40.7 Å². The molecule has 202 valence electrons. The zero-order valence-electron chi connectivity index (χ0n) is 20.3. The molecule has 1 aliphatic carbocycles. The van der Waals surface area contributed by atoms with Crippen LogP contribution in [0.15, 0.2) is 18.3 Å². The van der Waals surface area contributed by atoms with E-state index in [0.29, 0.717) is 49.8 Å². The number of nitrogens with zero attached hydrogens (tertiary/aromatic N) is 5. The van der Waals surface area contributed by atoms with Crippen molar-refractivity contribution < 1.29 is 27.9 Å². The maximum absolute atomic E-state index is 14.5. The van der Waals surface area contributed by atoms with Crippen LogP contribution in [0.25, 0.3) is 11.2 Å². The van der Waals surface area contributed by atoms with Crippen molar-refractivity contribution in [1.29, 1.82) is 0 Å². The molecule has 1 aromatic carbocycles. The van der Waals surface area contributed by atoms with Crippen LogP contribution in [0.1, 0.15) is 44.6 Å². The first kappa shape index (κ1) is 25.5. The van der Waals surface area contributed by atoms with Crippen molar-refractivity contribution in [2.45, 2.75) is 50.6 Å². The highest BCUT2D eigenvalue weighted by Crippen LogP contribution is 2.37. The molecule has 0 spiro atoms. The van der Waals surface area contributed by atoms with Crippen LogP contribution in [0.4, 0.5) is 35.5 Å². The van der Waals surface area contributed by atoms with Crippen molar-refractivity contribution in [2.24, 2.45) is 11.7 Å². The molecule has 3 aromatic rings. The molecule has 2 amide bonds. The van der Waals surface area contributed by atoms with Crippen LogP contribution in [0.2, 0.25) is 0 Å². The summed E-state index contributed by atoms with van der Waals surface area (Å²) < 4.78 is 43.6. The van der Waals surface area contributed by atoms with E-state index in [1.165, 1.54) is 11.1 Å². The summed E-state index contributed by atoms with van der Waals surface area (Å²) in [5.74, 6) is -4.48. The number of nitrogens with two attached hydrogens (primary N) is 1. The first-order valence-electron chi connectivity index (χ1n) is 12.4. The second kappa shape index (κ2) is 10.3. The lowest BCUT2D eigenvalue weighted by atomic mass is 9.85. The molecular formula is C24H27F3N8O3. The predicted octanol–water partition coefficient (Wildman–Crippen LogP) is 3.76. The molecule has 3 heterocycles. The Morgan fingerprint density at radius 3 is 2.53 bits per heavy atom. The number of halogens is 3. The maximum atomic E-state index is 14.5. The van der Waals surface area contributed by atoms with E-state index in [2.05, 4.69) is 25.6 Å². The van der Waals surface area contributed by atoms with Gasteiger partial charge >= 0.3 is 6.09 Å². The molecule has 0 bridgehead atoms. The fourth-order valence-corrected chi connectivity index (χ4v) is 5.21. The minimum absolute atomic E-state index is 0.161. The van der Waals surface area contributed by atoms with Gasteiger partial charge in [-0.2, -0.15) is 4.98 Å². The fraction of sp³-hybridized carbons (Fsp3) is 0.458. The van der Waals surface area contributed by atoms with Gasteiger partial charge in [-0.15, -0.1) is 0 Å². The van der Waals surface area contributed by atoms with E-state index in [9.17, 15) is 27.9 Å². The lowest BCUT2D eigenvalue weighted by molar-refractivity contribution is -0.122. The summed E-state index contributed by atoms with van der Waals surface area (Å²) in [5, 5.41) is 15.3. The third-order valence-corrected chi connectivity index (χ3v) is 7.20. The number of hydrogen-bond acceptors (Lipinski definition) is 7. The molecule has 14 heteroatoms. The Hall–Kier alpha value is -4.10. The summed E-state index contributed by atoms with van der Waals surface area (Å²) in [6.45, 7) is 0.749. The summed E-state index contributed by atoms with van der Waals surface area (Å²) in [6, 6.07) is 1.52. The van der Waals surface area contributed by atoms with Crippen molar-refractivity contribution in [3.63, 3.8) is 0 Å². The summed E-state index contributed by atoms with van der Waals surface area (Å²) in [6.07, 6.45) is 4.15. The first-order chi connectivity index (χ1) is 18.2. The largest absolute Gasteiger partial charge is 0.465 e. The zero-order valence-corrected chi connectivity index (χ0v) is 20.3. The second-order valence-electron chi connectivity index (χ2n) is 9.68. The van der Waals surface area contributed by atoms with Crippen LogP contribution in [-0.4, -0.2) is 60.7 Å². The Bertz CT molecular complexity index is 1380. The Balaban J connectivity index is 1.49. The van der Waals surface area contributed by atoms with Gasteiger partial charge in [0.05, 0.1) is 11.9 Å². The number of amides is 2. The second-order valence-corrected chi connectivity index (χ2v) is 9.68. The van der Waals surface area contributed by atoms with Gasteiger partial charge in [-0.05, 0) is 50.7 Å². The molecule has 0 radical (unpaired) electrons. The van der Waals surface area contributed by atoms with Crippen molar-refractivity contribution in [3.05, 3.63) is 35.8 Å². The van der Waals surface area contributed by atoms with Crippen LogP contribution in [0, 0.1) is 23.4 Å². The summed E-state index contributed by atoms with van der Waals surface area (Å²) in [4.78, 5) is 37.8. The normalized spacial score (nSPS) is 21.9. The van der Waals surface area contributed by atoms with Crippen LogP contribution in [-0.2, 0) is 4.79 Å². The van der Waals surface area contributed by atoms with Crippen LogP contribution < -0.4 is 16.4 Å².